The molecule has 160 valence electrons. The van der Waals surface area contributed by atoms with Gasteiger partial charge in [-0.1, -0.05) is 30.3 Å². The van der Waals surface area contributed by atoms with Crippen molar-refractivity contribution in [1.82, 2.24) is 4.90 Å². The molecule has 0 amide bonds. The molecule has 0 N–H and O–H groups in total. The van der Waals surface area contributed by atoms with E-state index in [1.807, 2.05) is 29.5 Å². The largest absolute Gasteiger partial charge is 0.457 e. The molecule has 3 heterocycles. The minimum Gasteiger partial charge on any atom is -0.457 e. The molecule has 3 aromatic carbocycles. The summed E-state index contributed by atoms with van der Waals surface area (Å²) in [5.74, 6) is 1.67. The van der Waals surface area contributed by atoms with Gasteiger partial charge in [-0.25, -0.2) is 0 Å². The first-order valence-corrected chi connectivity index (χ1v) is 11.5. The highest BCUT2D eigenvalue weighted by Gasteiger charge is 2.29. The van der Waals surface area contributed by atoms with Gasteiger partial charge in [0.15, 0.2) is 0 Å². The monoisotopic (exact) mass is 440 g/mol. The lowest BCUT2D eigenvalue weighted by Crippen LogP contribution is -2.24. The fraction of sp³-hybridized carbons (Fsp3) is 0.154. The van der Waals surface area contributed by atoms with Gasteiger partial charge in [0, 0.05) is 60.1 Å². The lowest BCUT2D eigenvalue weighted by Gasteiger charge is -2.21. The van der Waals surface area contributed by atoms with E-state index in [-0.39, 0.29) is 0 Å². The summed E-state index contributed by atoms with van der Waals surface area (Å²) in [6.07, 6.45) is 4.17. The molecule has 0 saturated heterocycles. The van der Waals surface area contributed by atoms with E-state index in [1.165, 1.54) is 20.8 Å². The normalized spacial score (nSPS) is 15.2. The maximum Gasteiger partial charge on any atom is 0.129 e. The third-order valence-electron chi connectivity index (χ3n) is 5.91. The van der Waals surface area contributed by atoms with Gasteiger partial charge in [0.05, 0.1) is 19.0 Å². The van der Waals surface area contributed by atoms with Crippen LogP contribution >= 0.6 is 11.3 Å². The lowest BCUT2D eigenvalue weighted by atomic mass is 10.2. The third kappa shape index (κ3) is 3.24. The molecule has 0 radical (unpaired) electrons. The van der Waals surface area contributed by atoms with Crippen LogP contribution in [-0.4, -0.2) is 32.3 Å². The average Bonchev–Trinajstić information content (AvgIpc) is 3.49. The molecule has 5 nitrogen and oxygen atoms in total. The highest BCUT2D eigenvalue weighted by atomic mass is 32.1. The molecule has 0 spiro atoms. The Morgan fingerprint density at radius 2 is 1.53 bits per heavy atom. The summed E-state index contributed by atoms with van der Waals surface area (Å²) in [5, 5.41) is 2.62. The molecule has 0 unspecified atom stereocenters. The van der Waals surface area contributed by atoms with Gasteiger partial charge < -0.3 is 24.3 Å². The summed E-state index contributed by atoms with van der Waals surface area (Å²) in [4.78, 5) is 9.04. The number of rotatable bonds is 4. The molecular weight excluding hydrogens is 416 g/mol. The van der Waals surface area contributed by atoms with Crippen LogP contribution in [0.5, 0.6) is 11.5 Å². The van der Waals surface area contributed by atoms with E-state index >= 15 is 0 Å². The molecule has 32 heavy (non-hydrogen) atoms. The van der Waals surface area contributed by atoms with Crippen molar-refractivity contribution < 1.29 is 4.74 Å². The molecule has 2 aliphatic heterocycles. The quantitative estimate of drug-likeness (QED) is 0.364. The van der Waals surface area contributed by atoms with Gasteiger partial charge in [-0.15, -0.1) is 11.3 Å². The first kappa shape index (κ1) is 19.1. The predicted octanol–water partition coefficient (Wildman–Crippen LogP) is 6.42. The molecule has 0 bridgehead atoms. The fourth-order valence-electron chi connectivity index (χ4n) is 4.37. The zero-order chi connectivity index (χ0) is 21.7. The molecule has 6 rings (SSSR count). The van der Waals surface area contributed by atoms with Crippen molar-refractivity contribution in [2.75, 3.05) is 42.1 Å². The second-order valence-corrected chi connectivity index (χ2v) is 9.31. The van der Waals surface area contributed by atoms with Crippen molar-refractivity contribution in [3.63, 3.8) is 0 Å². The Bertz CT molecular complexity index is 1330. The van der Waals surface area contributed by atoms with Crippen LogP contribution in [-0.2, 0) is 0 Å². The average molecular weight is 441 g/mol. The maximum absolute atomic E-state index is 6.29. The van der Waals surface area contributed by atoms with Crippen LogP contribution in [0.3, 0.4) is 0 Å². The van der Waals surface area contributed by atoms with E-state index in [4.69, 9.17) is 4.74 Å². The minimum absolute atomic E-state index is 0.833. The minimum atomic E-state index is 0.833. The van der Waals surface area contributed by atoms with Gasteiger partial charge in [0.1, 0.15) is 16.5 Å². The first-order valence-electron chi connectivity index (χ1n) is 10.7. The van der Waals surface area contributed by atoms with Crippen LogP contribution in [0, 0.1) is 0 Å². The van der Waals surface area contributed by atoms with Crippen LogP contribution in [0.15, 0.2) is 85.2 Å². The Kier molecular flexibility index (Phi) is 4.47. The molecule has 0 atom stereocenters. The molecule has 0 saturated carbocycles. The highest BCUT2D eigenvalue weighted by Crippen LogP contribution is 2.50. The molecule has 0 aliphatic carbocycles. The molecule has 4 aromatic rings. The van der Waals surface area contributed by atoms with E-state index in [1.54, 1.807) is 0 Å². The van der Waals surface area contributed by atoms with Crippen molar-refractivity contribution >= 4 is 43.5 Å². The summed E-state index contributed by atoms with van der Waals surface area (Å²) in [7, 11) is 4.23. The van der Waals surface area contributed by atoms with Gasteiger partial charge in [-0.05, 0) is 30.3 Å². The number of nitrogens with zero attached hydrogens (tertiary/aromatic N) is 4. The standard InChI is InChI=1S/C26H24N4OS/c1-27-13-14-29(17-27)19-7-5-9-21(15-19)31-22-10-6-8-20(16-22)30-18-28(2)26-25(30)23-11-3-4-12-24(23)32-26/h3-16H,17-18H2,1-2H3. The summed E-state index contributed by atoms with van der Waals surface area (Å²) in [6.45, 7) is 1.68. The SMILES string of the molecule is CN1C=CN(c2cccc(Oc3cccc(N4CN(C)c5sc6ccccc6c54)c3)c2)C1. The van der Waals surface area contributed by atoms with Crippen molar-refractivity contribution in [2.45, 2.75) is 0 Å². The molecule has 6 heteroatoms. The number of thiophene rings is 1. The third-order valence-corrected chi connectivity index (χ3v) is 7.19. The lowest BCUT2D eigenvalue weighted by molar-refractivity contribution is 0.481. The van der Waals surface area contributed by atoms with Gasteiger partial charge in [-0.3, -0.25) is 0 Å². The van der Waals surface area contributed by atoms with Crippen LogP contribution in [0.2, 0.25) is 0 Å². The molecular formula is C26H24N4OS. The van der Waals surface area contributed by atoms with E-state index in [0.29, 0.717) is 0 Å². The second kappa shape index (κ2) is 7.50. The molecule has 0 fully saturated rings. The van der Waals surface area contributed by atoms with Gasteiger partial charge in [0.25, 0.3) is 0 Å². The Balaban J connectivity index is 1.30. The Morgan fingerprint density at radius 3 is 2.31 bits per heavy atom. The fourth-order valence-corrected chi connectivity index (χ4v) is 5.53. The number of hydrogen-bond acceptors (Lipinski definition) is 6. The number of benzene rings is 3. The zero-order valence-corrected chi connectivity index (χ0v) is 18.9. The van der Waals surface area contributed by atoms with E-state index in [9.17, 15) is 0 Å². The van der Waals surface area contributed by atoms with Crippen molar-refractivity contribution in [3.8, 4) is 11.5 Å². The number of hydrogen-bond donors (Lipinski definition) is 0. The van der Waals surface area contributed by atoms with Crippen LogP contribution < -0.4 is 19.4 Å². The smallest absolute Gasteiger partial charge is 0.129 e. The summed E-state index contributed by atoms with van der Waals surface area (Å²) < 4.78 is 7.61. The number of ether oxygens (including phenoxy) is 1. The highest BCUT2D eigenvalue weighted by molar-refractivity contribution is 7.23. The summed E-state index contributed by atoms with van der Waals surface area (Å²) in [5.41, 5.74) is 3.55. The number of anilines is 4. The predicted molar refractivity (Wildman–Crippen MR) is 134 cm³/mol. The summed E-state index contributed by atoms with van der Waals surface area (Å²) >= 11 is 1.85. The van der Waals surface area contributed by atoms with Gasteiger partial charge >= 0.3 is 0 Å². The zero-order valence-electron chi connectivity index (χ0n) is 18.1. The molecule has 2 aliphatic rings. The van der Waals surface area contributed by atoms with Crippen LogP contribution in [0.4, 0.5) is 22.1 Å². The van der Waals surface area contributed by atoms with Crippen LogP contribution in [0.1, 0.15) is 0 Å². The topological polar surface area (TPSA) is 22.2 Å². The van der Waals surface area contributed by atoms with Crippen molar-refractivity contribution in [1.29, 1.82) is 0 Å². The molecule has 1 aromatic heterocycles. The number of fused-ring (bicyclic) bond motifs is 3. The van der Waals surface area contributed by atoms with Crippen molar-refractivity contribution in [2.24, 2.45) is 0 Å². The Labute approximate surface area is 192 Å². The van der Waals surface area contributed by atoms with Gasteiger partial charge in [-0.2, -0.15) is 0 Å². The van der Waals surface area contributed by atoms with E-state index in [2.05, 4.69) is 101 Å². The maximum atomic E-state index is 6.29. The Hall–Kier alpha value is -3.64. The van der Waals surface area contributed by atoms with E-state index in [0.717, 1.165) is 36.2 Å². The van der Waals surface area contributed by atoms with Crippen LogP contribution in [0.25, 0.3) is 10.1 Å². The second-order valence-electron chi connectivity index (χ2n) is 8.28. The van der Waals surface area contributed by atoms with E-state index < -0.39 is 0 Å². The van der Waals surface area contributed by atoms with Crippen molar-refractivity contribution in [3.05, 3.63) is 85.2 Å². The first-order chi connectivity index (χ1) is 15.7. The summed E-state index contributed by atoms with van der Waals surface area (Å²) in [6, 6.07) is 25.3. The Morgan fingerprint density at radius 1 is 0.781 bits per heavy atom. The van der Waals surface area contributed by atoms with Gasteiger partial charge in [0.2, 0.25) is 0 Å².